The summed E-state index contributed by atoms with van der Waals surface area (Å²) < 4.78 is 7.14. The Morgan fingerprint density at radius 2 is 2.16 bits per heavy atom. The summed E-state index contributed by atoms with van der Waals surface area (Å²) >= 11 is 0. The molecule has 0 atom stereocenters. The molecule has 0 spiro atoms. The molecule has 0 saturated carbocycles. The highest BCUT2D eigenvalue weighted by Gasteiger charge is 2.07. The molecule has 0 fully saturated rings. The summed E-state index contributed by atoms with van der Waals surface area (Å²) in [4.78, 5) is 11.7. The van der Waals surface area contributed by atoms with Gasteiger partial charge in [0, 0.05) is 19.3 Å². The first kappa shape index (κ1) is 13.1. The molecule has 1 amide bonds. The van der Waals surface area contributed by atoms with E-state index in [-0.39, 0.29) is 12.5 Å². The minimum atomic E-state index is -0.223. The average Bonchev–Trinajstić information content (AvgIpc) is 2.76. The van der Waals surface area contributed by atoms with Gasteiger partial charge in [-0.15, -0.1) is 0 Å². The molecule has 19 heavy (non-hydrogen) atoms. The van der Waals surface area contributed by atoms with Gasteiger partial charge in [-0.2, -0.15) is 5.10 Å². The maximum Gasteiger partial charge on any atom is 0.263 e. The number of hydrogen-bond acceptors (Lipinski definition) is 3. The van der Waals surface area contributed by atoms with Gasteiger partial charge in [-0.3, -0.25) is 9.48 Å². The summed E-state index contributed by atoms with van der Waals surface area (Å²) in [5, 5.41) is 6.74. The fourth-order valence-corrected chi connectivity index (χ4v) is 1.67. The second-order valence-electron chi connectivity index (χ2n) is 4.48. The van der Waals surface area contributed by atoms with Crippen LogP contribution in [0.1, 0.15) is 11.1 Å². The molecule has 100 valence electrons. The summed E-state index contributed by atoms with van der Waals surface area (Å²) in [7, 11) is 1.79. The van der Waals surface area contributed by atoms with Crippen molar-refractivity contribution < 1.29 is 9.53 Å². The first-order chi connectivity index (χ1) is 9.04. The second-order valence-corrected chi connectivity index (χ2v) is 4.48. The van der Waals surface area contributed by atoms with Gasteiger partial charge >= 0.3 is 0 Å². The van der Waals surface area contributed by atoms with Gasteiger partial charge in [0.15, 0.2) is 12.4 Å². The van der Waals surface area contributed by atoms with Gasteiger partial charge in [-0.1, -0.05) is 12.1 Å². The molecule has 0 aliphatic heterocycles. The molecule has 2 rings (SSSR count). The van der Waals surface area contributed by atoms with Crippen LogP contribution < -0.4 is 10.1 Å². The number of rotatable bonds is 4. The summed E-state index contributed by atoms with van der Waals surface area (Å²) in [5.41, 5.74) is 2.11. The van der Waals surface area contributed by atoms with E-state index in [9.17, 15) is 4.79 Å². The van der Waals surface area contributed by atoms with Gasteiger partial charge in [-0.05, 0) is 31.0 Å². The van der Waals surface area contributed by atoms with Crippen LogP contribution in [0.4, 0.5) is 5.82 Å². The molecular weight excluding hydrogens is 242 g/mol. The van der Waals surface area contributed by atoms with E-state index in [1.54, 1.807) is 24.0 Å². The third kappa shape index (κ3) is 3.58. The molecule has 0 radical (unpaired) electrons. The minimum absolute atomic E-state index is 0.0269. The third-order valence-electron chi connectivity index (χ3n) is 2.68. The highest BCUT2D eigenvalue weighted by atomic mass is 16.5. The number of carbonyl (C=O) groups is 1. The number of nitrogens with zero attached hydrogens (tertiary/aromatic N) is 2. The first-order valence-corrected chi connectivity index (χ1v) is 6.04. The van der Waals surface area contributed by atoms with Crippen LogP contribution in [-0.2, 0) is 11.8 Å². The minimum Gasteiger partial charge on any atom is -0.483 e. The molecular formula is C14H17N3O2. The van der Waals surface area contributed by atoms with Crippen LogP contribution in [0.3, 0.4) is 0 Å². The van der Waals surface area contributed by atoms with Crippen molar-refractivity contribution in [1.82, 2.24) is 9.78 Å². The fourth-order valence-electron chi connectivity index (χ4n) is 1.67. The Morgan fingerprint density at radius 3 is 2.84 bits per heavy atom. The number of carbonyl (C=O) groups excluding carboxylic acids is 1. The predicted molar refractivity (Wildman–Crippen MR) is 73.2 cm³/mol. The number of anilines is 1. The Bertz CT molecular complexity index is 590. The number of amides is 1. The van der Waals surface area contributed by atoms with E-state index in [2.05, 4.69) is 10.4 Å². The number of hydrogen-bond donors (Lipinski definition) is 1. The SMILES string of the molecule is Cc1ccc(C)c(OCC(=O)Nc2ccn(C)n2)c1. The molecule has 0 unspecified atom stereocenters. The Morgan fingerprint density at radius 1 is 1.37 bits per heavy atom. The lowest BCUT2D eigenvalue weighted by atomic mass is 10.1. The summed E-state index contributed by atoms with van der Waals surface area (Å²) in [6, 6.07) is 7.64. The lowest BCUT2D eigenvalue weighted by Gasteiger charge is -2.09. The molecule has 0 saturated heterocycles. The summed E-state index contributed by atoms with van der Waals surface area (Å²) in [5.74, 6) is 1.04. The maximum absolute atomic E-state index is 11.7. The highest BCUT2D eigenvalue weighted by molar-refractivity contribution is 5.90. The highest BCUT2D eigenvalue weighted by Crippen LogP contribution is 2.18. The predicted octanol–water partition coefficient (Wildman–Crippen LogP) is 2.05. The lowest BCUT2D eigenvalue weighted by molar-refractivity contribution is -0.118. The van der Waals surface area contributed by atoms with E-state index >= 15 is 0 Å². The third-order valence-corrected chi connectivity index (χ3v) is 2.68. The molecule has 1 aromatic heterocycles. The van der Waals surface area contributed by atoms with Crippen LogP contribution >= 0.6 is 0 Å². The second kappa shape index (κ2) is 5.56. The average molecular weight is 259 g/mol. The zero-order chi connectivity index (χ0) is 13.8. The normalized spacial score (nSPS) is 10.3. The Hall–Kier alpha value is -2.30. The summed E-state index contributed by atoms with van der Waals surface area (Å²) in [6.07, 6.45) is 1.77. The van der Waals surface area contributed by atoms with Gasteiger partial charge in [0.1, 0.15) is 5.75 Å². The van der Waals surface area contributed by atoms with E-state index in [4.69, 9.17) is 4.74 Å². The smallest absolute Gasteiger partial charge is 0.263 e. The van der Waals surface area contributed by atoms with Crippen molar-refractivity contribution in [3.05, 3.63) is 41.6 Å². The first-order valence-electron chi connectivity index (χ1n) is 6.04. The van der Waals surface area contributed by atoms with Crippen molar-refractivity contribution in [2.24, 2.45) is 7.05 Å². The van der Waals surface area contributed by atoms with E-state index in [1.807, 2.05) is 32.0 Å². The van der Waals surface area contributed by atoms with Gasteiger partial charge in [0.25, 0.3) is 5.91 Å². The Balaban J connectivity index is 1.91. The van der Waals surface area contributed by atoms with Crippen molar-refractivity contribution in [1.29, 1.82) is 0 Å². The van der Waals surface area contributed by atoms with Crippen LogP contribution in [0.25, 0.3) is 0 Å². The van der Waals surface area contributed by atoms with Crippen molar-refractivity contribution in [3.8, 4) is 5.75 Å². The van der Waals surface area contributed by atoms with Crippen LogP contribution in [0.2, 0.25) is 0 Å². The summed E-state index contributed by atoms with van der Waals surface area (Å²) in [6.45, 7) is 3.91. The van der Waals surface area contributed by atoms with Crippen molar-refractivity contribution >= 4 is 11.7 Å². The molecule has 1 aromatic carbocycles. The number of benzene rings is 1. The van der Waals surface area contributed by atoms with Crippen LogP contribution in [-0.4, -0.2) is 22.3 Å². The van der Waals surface area contributed by atoms with E-state index in [0.29, 0.717) is 5.82 Å². The number of ether oxygens (including phenoxy) is 1. The fraction of sp³-hybridized carbons (Fsp3) is 0.286. The largest absolute Gasteiger partial charge is 0.483 e. The Labute approximate surface area is 112 Å². The van der Waals surface area contributed by atoms with E-state index in [0.717, 1.165) is 16.9 Å². The number of aryl methyl sites for hydroxylation is 3. The molecule has 5 heteroatoms. The number of nitrogens with one attached hydrogen (secondary N) is 1. The molecule has 0 bridgehead atoms. The lowest BCUT2D eigenvalue weighted by Crippen LogP contribution is -2.20. The van der Waals surface area contributed by atoms with E-state index < -0.39 is 0 Å². The molecule has 1 N–H and O–H groups in total. The van der Waals surface area contributed by atoms with Crippen LogP contribution in [0, 0.1) is 13.8 Å². The molecule has 5 nitrogen and oxygen atoms in total. The van der Waals surface area contributed by atoms with Gasteiger partial charge < -0.3 is 10.1 Å². The molecule has 0 aliphatic carbocycles. The quantitative estimate of drug-likeness (QED) is 0.914. The molecule has 1 heterocycles. The molecule has 0 aliphatic rings. The van der Waals surface area contributed by atoms with Gasteiger partial charge in [0.2, 0.25) is 0 Å². The standard InChI is InChI=1S/C14H17N3O2/c1-10-4-5-11(2)12(8-10)19-9-14(18)15-13-6-7-17(3)16-13/h4-8H,9H2,1-3H3,(H,15,16,18). The number of aromatic nitrogens is 2. The Kier molecular flexibility index (Phi) is 3.85. The van der Waals surface area contributed by atoms with Crippen LogP contribution in [0.5, 0.6) is 5.75 Å². The van der Waals surface area contributed by atoms with Gasteiger partial charge in [-0.25, -0.2) is 0 Å². The maximum atomic E-state index is 11.7. The van der Waals surface area contributed by atoms with Crippen molar-refractivity contribution in [3.63, 3.8) is 0 Å². The monoisotopic (exact) mass is 259 g/mol. The van der Waals surface area contributed by atoms with Gasteiger partial charge in [0.05, 0.1) is 0 Å². The zero-order valence-corrected chi connectivity index (χ0v) is 11.3. The van der Waals surface area contributed by atoms with E-state index in [1.165, 1.54) is 0 Å². The van der Waals surface area contributed by atoms with Crippen LogP contribution in [0.15, 0.2) is 30.5 Å². The van der Waals surface area contributed by atoms with Crippen molar-refractivity contribution in [2.75, 3.05) is 11.9 Å². The zero-order valence-electron chi connectivity index (χ0n) is 11.3. The topological polar surface area (TPSA) is 56.1 Å². The van der Waals surface area contributed by atoms with Crippen molar-refractivity contribution in [2.45, 2.75) is 13.8 Å². The molecule has 2 aromatic rings.